The molecule has 2 aromatic carbocycles. The number of hydrogen-bond acceptors (Lipinski definition) is 4. The van der Waals surface area contributed by atoms with E-state index in [0.29, 0.717) is 30.3 Å². The summed E-state index contributed by atoms with van der Waals surface area (Å²) in [5.41, 5.74) is 2.63. The van der Waals surface area contributed by atoms with E-state index in [2.05, 4.69) is 19.5 Å². The Morgan fingerprint density at radius 3 is 2.30 bits per heavy atom. The Morgan fingerprint density at radius 1 is 0.879 bits per heavy atom. The minimum atomic E-state index is -4.35. The van der Waals surface area contributed by atoms with Crippen molar-refractivity contribution in [3.05, 3.63) is 84.7 Å². The fourth-order valence-electron chi connectivity index (χ4n) is 3.89. The van der Waals surface area contributed by atoms with Gasteiger partial charge < -0.3 is 9.13 Å². The molecule has 166 valence electrons. The van der Waals surface area contributed by atoms with Crippen LogP contribution in [0.1, 0.15) is 18.3 Å². The van der Waals surface area contributed by atoms with Gasteiger partial charge in [0.15, 0.2) is 11.6 Å². The largest absolute Gasteiger partial charge is 0.416 e. The summed E-state index contributed by atoms with van der Waals surface area (Å²) < 4.78 is 42.7. The predicted octanol–water partition coefficient (Wildman–Crippen LogP) is 5.44. The van der Waals surface area contributed by atoms with E-state index in [1.807, 2.05) is 35.9 Å². The summed E-state index contributed by atoms with van der Waals surface area (Å²) >= 11 is 0. The van der Waals surface area contributed by atoms with Crippen LogP contribution in [-0.4, -0.2) is 29.1 Å². The molecule has 3 heterocycles. The monoisotopic (exact) mass is 448 g/mol. The van der Waals surface area contributed by atoms with Gasteiger partial charge in [0.2, 0.25) is 0 Å². The van der Waals surface area contributed by atoms with Crippen LogP contribution in [0.5, 0.6) is 0 Å². The van der Waals surface area contributed by atoms with Gasteiger partial charge in [0, 0.05) is 31.3 Å². The van der Waals surface area contributed by atoms with Crippen molar-refractivity contribution >= 4 is 11.0 Å². The van der Waals surface area contributed by atoms with Crippen molar-refractivity contribution in [1.82, 2.24) is 29.1 Å². The number of aryl methyl sites for hydroxylation is 1. The highest BCUT2D eigenvalue weighted by molar-refractivity contribution is 5.82. The third-order valence-electron chi connectivity index (χ3n) is 5.48. The van der Waals surface area contributed by atoms with E-state index >= 15 is 0 Å². The summed E-state index contributed by atoms with van der Waals surface area (Å²) in [4.78, 5) is 17.8. The number of benzene rings is 2. The first-order valence-electron chi connectivity index (χ1n) is 10.4. The number of alkyl halides is 3. The van der Waals surface area contributed by atoms with E-state index in [-0.39, 0.29) is 0 Å². The Hall–Kier alpha value is -4.01. The average molecular weight is 448 g/mol. The van der Waals surface area contributed by atoms with Gasteiger partial charge in [0.05, 0.1) is 23.1 Å². The van der Waals surface area contributed by atoms with Crippen molar-refractivity contribution in [1.29, 1.82) is 0 Å². The third-order valence-corrected chi connectivity index (χ3v) is 5.48. The van der Waals surface area contributed by atoms with Gasteiger partial charge in [-0.3, -0.25) is 0 Å². The summed E-state index contributed by atoms with van der Waals surface area (Å²) in [6.45, 7) is 3.20. The van der Waals surface area contributed by atoms with Crippen LogP contribution in [0.4, 0.5) is 13.2 Å². The third kappa shape index (κ3) is 3.97. The molecule has 0 aliphatic heterocycles. The van der Waals surface area contributed by atoms with Gasteiger partial charge in [-0.25, -0.2) is 19.9 Å². The molecular weight excluding hydrogens is 429 g/mol. The SMILES string of the molecule is CCn1c(Cn2ccnc2-c2ncccn2)nc2ccc(-c3ccc(C(F)(F)F)cc3)cc21. The molecule has 33 heavy (non-hydrogen) atoms. The number of nitrogens with zero attached hydrogens (tertiary/aromatic N) is 6. The van der Waals surface area contributed by atoms with Gasteiger partial charge in [-0.1, -0.05) is 18.2 Å². The normalized spacial score (nSPS) is 11.9. The van der Waals surface area contributed by atoms with Gasteiger partial charge in [-0.2, -0.15) is 13.2 Å². The lowest BCUT2D eigenvalue weighted by atomic mass is 10.0. The highest BCUT2D eigenvalue weighted by Crippen LogP contribution is 2.32. The van der Waals surface area contributed by atoms with E-state index in [0.717, 1.165) is 34.6 Å². The molecule has 0 saturated carbocycles. The minimum Gasteiger partial charge on any atom is -0.327 e. The maximum atomic E-state index is 12.9. The number of halogens is 3. The van der Waals surface area contributed by atoms with Crippen LogP contribution in [0.25, 0.3) is 33.8 Å². The molecule has 0 saturated heterocycles. The zero-order valence-corrected chi connectivity index (χ0v) is 17.7. The number of fused-ring (bicyclic) bond motifs is 1. The molecular formula is C24H19F3N6. The quantitative estimate of drug-likeness (QED) is 0.359. The van der Waals surface area contributed by atoms with Crippen molar-refractivity contribution in [2.45, 2.75) is 26.2 Å². The molecule has 0 bridgehead atoms. The Morgan fingerprint density at radius 2 is 1.61 bits per heavy atom. The van der Waals surface area contributed by atoms with E-state index < -0.39 is 11.7 Å². The molecule has 0 amide bonds. The maximum absolute atomic E-state index is 12.9. The van der Waals surface area contributed by atoms with Gasteiger partial charge in [-0.05, 0) is 48.4 Å². The summed E-state index contributed by atoms with van der Waals surface area (Å²) in [5, 5.41) is 0. The van der Waals surface area contributed by atoms with Crippen molar-refractivity contribution in [3.8, 4) is 22.8 Å². The summed E-state index contributed by atoms with van der Waals surface area (Å²) in [6, 6.07) is 12.7. The van der Waals surface area contributed by atoms with Crippen LogP contribution in [0.2, 0.25) is 0 Å². The first-order valence-corrected chi connectivity index (χ1v) is 10.4. The number of aromatic nitrogens is 6. The minimum absolute atomic E-state index is 0.478. The van der Waals surface area contributed by atoms with Crippen LogP contribution in [0, 0.1) is 0 Å². The Balaban J connectivity index is 1.51. The highest BCUT2D eigenvalue weighted by Gasteiger charge is 2.30. The van der Waals surface area contributed by atoms with E-state index in [9.17, 15) is 13.2 Å². The molecule has 0 unspecified atom stereocenters. The molecule has 5 rings (SSSR count). The lowest BCUT2D eigenvalue weighted by molar-refractivity contribution is -0.137. The lowest BCUT2D eigenvalue weighted by Crippen LogP contribution is -2.09. The van der Waals surface area contributed by atoms with Gasteiger partial charge in [0.25, 0.3) is 0 Å². The Kier molecular flexibility index (Phi) is 5.16. The zero-order valence-electron chi connectivity index (χ0n) is 17.7. The van der Waals surface area contributed by atoms with Crippen LogP contribution in [-0.2, 0) is 19.3 Å². The molecule has 0 spiro atoms. The Labute approximate surface area is 187 Å². The van der Waals surface area contributed by atoms with Crippen molar-refractivity contribution < 1.29 is 13.2 Å². The van der Waals surface area contributed by atoms with Gasteiger partial charge in [-0.15, -0.1) is 0 Å². The van der Waals surface area contributed by atoms with Crippen molar-refractivity contribution in [3.63, 3.8) is 0 Å². The topological polar surface area (TPSA) is 61.4 Å². The van der Waals surface area contributed by atoms with Gasteiger partial charge >= 0.3 is 6.18 Å². The summed E-state index contributed by atoms with van der Waals surface area (Å²) in [5.74, 6) is 2.02. The number of rotatable bonds is 5. The van der Waals surface area contributed by atoms with Crippen LogP contribution >= 0.6 is 0 Å². The van der Waals surface area contributed by atoms with Crippen molar-refractivity contribution in [2.75, 3.05) is 0 Å². The molecule has 6 nitrogen and oxygen atoms in total. The molecule has 0 aliphatic carbocycles. The second kappa shape index (κ2) is 8.16. The maximum Gasteiger partial charge on any atom is 0.416 e. The summed E-state index contributed by atoms with van der Waals surface area (Å²) in [7, 11) is 0. The molecule has 0 N–H and O–H groups in total. The number of imidazole rings is 2. The van der Waals surface area contributed by atoms with E-state index in [1.165, 1.54) is 12.1 Å². The second-order valence-electron chi connectivity index (χ2n) is 7.50. The smallest absolute Gasteiger partial charge is 0.327 e. The lowest BCUT2D eigenvalue weighted by Gasteiger charge is -2.10. The fourth-order valence-corrected chi connectivity index (χ4v) is 3.89. The first-order chi connectivity index (χ1) is 15.9. The Bertz CT molecular complexity index is 1400. The molecule has 9 heteroatoms. The first kappa shape index (κ1) is 20.9. The predicted molar refractivity (Wildman–Crippen MR) is 118 cm³/mol. The molecule has 0 radical (unpaired) electrons. The molecule has 3 aromatic heterocycles. The molecule has 5 aromatic rings. The highest BCUT2D eigenvalue weighted by atomic mass is 19.4. The molecule has 0 fully saturated rings. The van der Waals surface area contributed by atoms with Crippen molar-refractivity contribution in [2.24, 2.45) is 0 Å². The average Bonchev–Trinajstić information content (AvgIpc) is 3.42. The molecule has 0 aliphatic rings. The van der Waals surface area contributed by atoms with Crippen LogP contribution in [0.3, 0.4) is 0 Å². The van der Waals surface area contributed by atoms with E-state index in [4.69, 9.17) is 4.98 Å². The van der Waals surface area contributed by atoms with Crippen LogP contribution < -0.4 is 0 Å². The molecule has 0 atom stereocenters. The second-order valence-corrected chi connectivity index (χ2v) is 7.50. The van der Waals surface area contributed by atoms with Crippen LogP contribution in [0.15, 0.2) is 73.3 Å². The standard InChI is InChI=1S/C24H19F3N6/c1-2-33-20-14-17(16-4-7-18(8-5-16)24(25,26)27)6-9-19(20)31-21(33)15-32-13-12-30-23(32)22-28-10-3-11-29-22/h3-14H,2,15H2,1H3. The van der Waals surface area contributed by atoms with Gasteiger partial charge in [0.1, 0.15) is 5.82 Å². The number of hydrogen-bond donors (Lipinski definition) is 0. The zero-order chi connectivity index (χ0) is 23.0. The fraction of sp³-hybridized carbons (Fsp3) is 0.167. The van der Waals surface area contributed by atoms with E-state index in [1.54, 1.807) is 24.7 Å². The summed E-state index contributed by atoms with van der Waals surface area (Å²) in [6.07, 6.45) is 2.55.